The highest BCUT2D eigenvalue weighted by molar-refractivity contribution is 5.21. The van der Waals surface area contributed by atoms with Gasteiger partial charge in [-0.2, -0.15) is 0 Å². The minimum atomic E-state index is 0.847. The van der Waals surface area contributed by atoms with Gasteiger partial charge in [0.15, 0.2) is 0 Å². The van der Waals surface area contributed by atoms with Gasteiger partial charge in [-0.15, -0.1) is 0 Å². The molecule has 1 aliphatic rings. The van der Waals surface area contributed by atoms with Gasteiger partial charge in [-0.1, -0.05) is 13.0 Å². The maximum atomic E-state index is 5.45. The second kappa shape index (κ2) is 2.69. The number of nitrogens with zero attached hydrogens (tertiary/aromatic N) is 1. The molecule has 2 nitrogen and oxygen atoms in total. The third-order valence-corrected chi connectivity index (χ3v) is 1.45. The lowest BCUT2D eigenvalue weighted by Crippen LogP contribution is -2.26. The molecule has 0 bridgehead atoms. The van der Waals surface area contributed by atoms with E-state index in [1.54, 1.807) is 5.01 Å². The summed E-state index contributed by atoms with van der Waals surface area (Å²) in [6.45, 7) is 2.99. The maximum absolute atomic E-state index is 5.45. The van der Waals surface area contributed by atoms with Crippen molar-refractivity contribution in [1.29, 1.82) is 0 Å². The Labute approximate surface area is 55.6 Å². The molecule has 0 aromatic rings. The van der Waals surface area contributed by atoms with Crippen LogP contribution in [-0.4, -0.2) is 11.6 Å². The minimum Gasteiger partial charge on any atom is -0.314 e. The maximum Gasteiger partial charge on any atom is 0.0521 e. The predicted octanol–water partition coefficient (Wildman–Crippen LogP) is 1.03. The van der Waals surface area contributed by atoms with Crippen LogP contribution in [-0.2, 0) is 0 Å². The largest absolute Gasteiger partial charge is 0.314 e. The Morgan fingerprint density at radius 3 is 3.00 bits per heavy atom. The Morgan fingerprint density at radius 2 is 2.56 bits per heavy atom. The van der Waals surface area contributed by atoms with E-state index in [4.69, 9.17) is 5.84 Å². The SMILES string of the molecule is CCC1=CCN(N)C=C1. The molecule has 0 saturated heterocycles. The summed E-state index contributed by atoms with van der Waals surface area (Å²) in [5, 5.41) is 1.67. The van der Waals surface area contributed by atoms with Crippen LogP contribution < -0.4 is 5.84 Å². The van der Waals surface area contributed by atoms with E-state index in [0.717, 1.165) is 13.0 Å². The first-order chi connectivity index (χ1) is 4.33. The molecular formula is C7H12N2. The van der Waals surface area contributed by atoms with E-state index in [-0.39, 0.29) is 0 Å². The Morgan fingerprint density at radius 1 is 1.78 bits per heavy atom. The van der Waals surface area contributed by atoms with Gasteiger partial charge in [0.25, 0.3) is 0 Å². The number of allylic oxidation sites excluding steroid dienone is 2. The fourth-order valence-electron chi connectivity index (χ4n) is 0.805. The summed E-state index contributed by atoms with van der Waals surface area (Å²) in [5.74, 6) is 5.45. The highest BCUT2D eigenvalue weighted by Crippen LogP contribution is 2.06. The molecule has 0 spiro atoms. The summed E-state index contributed by atoms with van der Waals surface area (Å²) >= 11 is 0. The average molecular weight is 124 g/mol. The molecule has 9 heavy (non-hydrogen) atoms. The minimum absolute atomic E-state index is 0.847. The Hall–Kier alpha value is -0.760. The van der Waals surface area contributed by atoms with Crippen molar-refractivity contribution in [2.75, 3.05) is 6.54 Å². The van der Waals surface area contributed by atoms with E-state index in [9.17, 15) is 0 Å². The topological polar surface area (TPSA) is 29.3 Å². The van der Waals surface area contributed by atoms with Gasteiger partial charge in [-0.05, 0) is 18.1 Å². The Bertz CT molecular complexity index is 147. The van der Waals surface area contributed by atoms with Crippen molar-refractivity contribution < 1.29 is 0 Å². The van der Waals surface area contributed by atoms with E-state index >= 15 is 0 Å². The van der Waals surface area contributed by atoms with Crippen LogP contribution in [0.1, 0.15) is 13.3 Å². The first-order valence-electron chi connectivity index (χ1n) is 3.21. The van der Waals surface area contributed by atoms with Crippen LogP contribution in [0.4, 0.5) is 0 Å². The summed E-state index contributed by atoms with van der Waals surface area (Å²) < 4.78 is 0. The van der Waals surface area contributed by atoms with Gasteiger partial charge in [-0.25, -0.2) is 5.84 Å². The quantitative estimate of drug-likeness (QED) is 0.529. The lowest BCUT2D eigenvalue weighted by molar-refractivity contribution is 0.431. The molecule has 0 fully saturated rings. The number of hydrazine groups is 1. The van der Waals surface area contributed by atoms with E-state index in [1.807, 2.05) is 12.3 Å². The van der Waals surface area contributed by atoms with Crippen molar-refractivity contribution in [3.63, 3.8) is 0 Å². The monoisotopic (exact) mass is 124 g/mol. The molecule has 0 saturated carbocycles. The molecule has 1 aliphatic heterocycles. The van der Waals surface area contributed by atoms with Crippen LogP contribution in [0.5, 0.6) is 0 Å². The average Bonchev–Trinajstić information content (AvgIpc) is 1.90. The summed E-state index contributed by atoms with van der Waals surface area (Å²) in [5.41, 5.74) is 1.37. The Balaban J connectivity index is 2.52. The summed E-state index contributed by atoms with van der Waals surface area (Å²) in [6, 6.07) is 0. The molecule has 1 rings (SSSR count). The van der Waals surface area contributed by atoms with Gasteiger partial charge >= 0.3 is 0 Å². The molecule has 0 amide bonds. The third kappa shape index (κ3) is 1.57. The van der Waals surface area contributed by atoms with Crippen molar-refractivity contribution in [3.05, 3.63) is 23.9 Å². The lowest BCUT2D eigenvalue weighted by Gasteiger charge is -2.15. The van der Waals surface area contributed by atoms with Crippen molar-refractivity contribution >= 4 is 0 Å². The van der Waals surface area contributed by atoms with Gasteiger partial charge in [0, 0.05) is 6.20 Å². The van der Waals surface area contributed by atoms with E-state index < -0.39 is 0 Å². The number of hydrogen-bond donors (Lipinski definition) is 1. The molecule has 0 aromatic heterocycles. The van der Waals surface area contributed by atoms with Crippen LogP contribution in [0, 0.1) is 0 Å². The fourth-order valence-corrected chi connectivity index (χ4v) is 0.805. The van der Waals surface area contributed by atoms with Crippen LogP contribution in [0.3, 0.4) is 0 Å². The van der Waals surface area contributed by atoms with Crippen molar-refractivity contribution in [1.82, 2.24) is 5.01 Å². The highest BCUT2D eigenvalue weighted by atomic mass is 15.4. The van der Waals surface area contributed by atoms with Gasteiger partial charge < -0.3 is 5.01 Å². The van der Waals surface area contributed by atoms with Crippen LogP contribution >= 0.6 is 0 Å². The molecule has 0 atom stereocenters. The zero-order valence-electron chi connectivity index (χ0n) is 5.67. The molecule has 50 valence electrons. The molecule has 2 heteroatoms. The summed E-state index contributed by atoms with van der Waals surface area (Å²) in [6.07, 6.45) is 7.19. The normalized spacial score (nSPS) is 18.0. The zero-order valence-corrected chi connectivity index (χ0v) is 5.67. The Kier molecular flexibility index (Phi) is 1.90. The smallest absolute Gasteiger partial charge is 0.0521 e. The molecule has 1 heterocycles. The first kappa shape index (κ1) is 6.36. The molecule has 0 aliphatic carbocycles. The van der Waals surface area contributed by atoms with Crippen molar-refractivity contribution in [2.24, 2.45) is 5.84 Å². The van der Waals surface area contributed by atoms with Gasteiger partial charge in [0.2, 0.25) is 0 Å². The standard InChI is InChI=1S/C7H12N2/c1-2-7-3-5-9(8)6-4-7/h3-5H,2,6,8H2,1H3. The second-order valence-corrected chi connectivity index (χ2v) is 2.15. The number of nitrogens with two attached hydrogens (primary N) is 1. The predicted molar refractivity (Wildman–Crippen MR) is 38.4 cm³/mol. The molecule has 0 aromatic carbocycles. The number of rotatable bonds is 1. The van der Waals surface area contributed by atoms with E-state index in [2.05, 4.69) is 13.0 Å². The molecule has 2 N–H and O–H groups in total. The summed E-state index contributed by atoms with van der Waals surface area (Å²) in [7, 11) is 0. The number of hydrogen-bond acceptors (Lipinski definition) is 2. The third-order valence-electron chi connectivity index (χ3n) is 1.45. The molecular weight excluding hydrogens is 112 g/mol. The van der Waals surface area contributed by atoms with E-state index in [0.29, 0.717) is 0 Å². The first-order valence-corrected chi connectivity index (χ1v) is 3.21. The second-order valence-electron chi connectivity index (χ2n) is 2.15. The van der Waals surface area contributed by atoms with Crippen LogP contribution in [0.15, 0.2) is 23.9 Å². The lowest BCUT2D eigenvalue weighted by atomic mass is 10.1. The zero-order chi connectivity index (χ0) is 6.69. The van der Waals surface area contributed by atoms with Gasteiger partial charge in [0.1, 0.15) is 0 Å². The van der Waals surface area contributed by atoms with Gasteiger partial charge in [0.05, 0.1) is 6.54 Å². The van der Waals surface area contributed by atoms with Crippen molar-refractivity contribution in [3.8, 4) is 0 Å². The van der Waals surface area contributed by atoms with Crippen molar-refractivity contribution in [2.45, 2.75) is 13.3 Å². The highest BCUT2D eigenvalue weighted by Gasteiger charge is 1.96. The fraction of sp³-hybridized carbons (Fsp3) is 0.429. The van der Waals surface area contributed by atoms with Crippen LogP contribution in [0.25, 0.3) is 0 Å². The molecule has 0 unspecified atom stereocenters. The van der Waals surface area contributed by atoms with E-state index in [1.165, 1.54) is 5.57 Å². The molecule has 0 radical (unpaired) electrons. The van der Waals surface area contributed by atoms with Gasteiger partial charge in [-0.3, -0.25) is 0 Å². The summed E-state index contributed by atoms with van der Waals surface area (Å²) in [4.78, 5) is 0. The van der Waals surface area contributed by atoms with Crippen LogP contribution in [0.2, 0.25) is 0 Å².